The smallest absolute Gasteiger partial charge is 0.409 e. The number of likely N-dealkylation sites (tertiary alicyclic amines) is 1. The van der Waals surface area contributed by atoms with Crippen molar-refractivity contribution in [3.8, 4) is 0 Å². The Balaban J connectivity index is 0.00000480. The quantitative estimate of drug-likeness (QED) is 0.284. The number of hydrogen-bond acceptors (Lipinski definition) is 6. The van der Waals surface area contributed by atoms with Crippen molar-refractivity contribution in [2.45, 2.75) is 45.6 Å². The number of nitrogens with one attached hydrogen (secondary N) is 2. The second-order valence-corrected chi connectivity index (χ2v) is 8.51. The van der Waals surface area contributed by atoms with Crippen molar-refractivity contribution < 1.29 is 14.3 Å². The molecule has 0 unspecified atom stereocenters. The lowest BCUT2D eigenvalue weighted by Gasteiger charge is -2.32. The van der Waals surface area contributed by atoms with Gasteiger partial charge in [0.1, 0.15) is 6.54 Å². The number of likely N-dealkylation sites (N-methyl/N-ethyl adjacent to an activating group) is 1. The Labute approximate surface area is 206 Å². The summed E-state index contributed by atoms with van der Waals surface area (Å²) in [5.74, 6) is 0.563. The third-order valence-electron chi connectivity index (χ3n) is 4.81. The van der Waals surface area contributed by atoms with Crippen LogP contribution in [0.4, 0.5) is 4.79 Å². The maximum atomic E-state index is 11.9. The Bertz CT molecular complexity index is 720. The molecule has 2 amide bonds. The summed E-state index contributed by atoms with van der Waals surface area (Å²) in [4.78, 5) is 37.3. The van der Waals surface area contributed by atoms with Crippen molar-refractivity contribution in [1.29, 1.82) is 0 Å². The minimum atomic E-state index is -0.255. The first-order valence-electron chi connectivity index (χ1n) is 10.5. The molecule has 1 aliphatic heterocycles. The number of carbonyl (C=O) groups excluding carboxylic acids is 2. The zero-order valence-corrected chi connectivity index (χ0v) is 22.0. The van der Waals surface area contributed by atoms with Crippen LogP contribution in [0.1, 0.15) is 36.6 Å². The SMILES string of the molecule is CCOC(=O)N1CCC(NC(=NCC(=O)N(C)C)NCCc2ncc(CC)s2)CC1.I. The normalized spacial score (nSPS) is 14.6. The van der Waals surface area contributed by atoms with Crippen molar-refractivity contribution in [1.82, 2.24) is 25.4 Å². The van der Waals surface area contributed by atoms with E-state index in [9.17, 15) is 9.59 Å². The number of thiazole rings is 1. The topological polar surface area (TPSA) is 99.2 Å². The molecule has 1 aromatic rings. The number of aromatic nitrogens is 1. The fourth-order valence-corrected chi connectivity index (χ4v) is 3.83. The Morgan fingerprint density at radius 2 is 2.03 bits per heavy atom. The van der Waals surface area contributed by atoms with Crippen LogP contribution in [-0.2, 0) is 22.4 Å². The molecule has 1 saturated heterocycles. The molecule has 31 heavy (non-hydrogen) atoms. The van der Waals surface area contributed by atoms with E-state index in [1.54, 1.807) is 30.3 Å². The van der Waals surface area contributed by atoms with Gasteiger partial charge < -0.3 is 25.2 Å². The average Bonchev–Trinajstić information content (AvgIpc) is 3.20. The summed E-state index contributed by atoms with van der Waals surface area (Å²) in [7, 11) is 3.44. The predicted molar refractivity (Wildman–Crippen MR) is 134 cm³/mol. The summed E-state index contributed by atoms with van der Waals surface area (Å²) in [6.45, 7) is 6.36. The predicted octanol–water partition coefficient (Wildman–Crippen LogP) is 2.11. The summed E-state index contributed by atoms with van der Waals surface area (Å²) in [6.07, 6.45) is 5.07. The van der Waals surface area contributed by atoms with Crippen LogP contribution >= 0.6 is 35.3 Å². The standard InChI is InChI=1S/C20H34N6O3S.HI/c1-5-16-13-22-17(30-16)7-10-21-19(23-14-18(27)25(3)4)24-15-8-11-26(12-9-15)20(28)29-6-2;/h13,15H,5-12,14H2,1-4H3,(H2,21,23,24);1H. The fourth-order valence-electron chi connectivity index (χ4n) is 2.97. The van der Waals surface area contributed by atoms with E-state index in [-0.39, 0.29) is 48.6 Å². The van der Waals surface area contributed by atoms with E-state index in [0.29, 0.717) is 32.2 Å². The summed E-state index contributed by atoms with van der Waals surface area (Å²) >= 11 is 1.73. The van der Waals surface area contributed by atoms with Gasteiger partial charge in [-0.2, -0.15) is 0 Å². The Morgan fingerprint density at radius 1 is 1.32 bits per heavy atom. The molecule has 1 aliphatic rings. The number of hydrogen-bond donors (Lipinski definition) is 2. The third-order valence-corrected chi connectivity index (χ3v) is 6.02. The van der Waals surface area contributed by atoms with E-state index in [0.717, 1.165) is 30.7 Å². The van der Waals surface area contributed by atoms with Gasteiger partial charge in [0.15, 0.2) is 5.96 Å². The van der Waals surface area contributed by atoms with Gasteiger partial charge in [-0.15, -0.1) is 35.3 Å². The zero-order valence-electron chi connectivity index (χ0n) is 18.8. The van der Waals surface area contributed by atoms with Crippen molar-refractivity contribution in [3.05, 3.63) is 16.1 Å². The van der Waals surface area contributed by atoms with E-state index >= 15 is 0 Å². The second kappa shape index (κ2) is 14.4. The molecule has 0 aromatic carbocycles. The Morgan fingerprint density at radius 3 is 2.61 bits per heavy atom. The van der Waals surface area contributed by atoms with Crippen LogP contribution in [-0.4, -0.2) is 85.7 Å². The Kier molecular flexibility index (Phi) is 12.8. The lowest BCUT2D eigenvalue weighted by molar-refractivity contribution is -0.127. The molecule has 1 fully saturated rings. The highest BCUT2D eigenvalue weighted by Crippen LogP contribution is 2.14. The van der Waals surface area contributed by atoms with Crippen LogP contribution in [0.5, 0.6) is 0 Å². The number of carbonyl (C=O) groups is 2. The van der Waals surface area contributed by atoms with Crippen molar-refractivity contribution in [2.24, 2.45) is 4.99 Å². The zero-order chi connectivity index (χ0) is 21.9. The van der Waals surface area contributed by atoms with Crippen LogP contribution in [0.3, 0.4) is 0 Å². The molecule has 0 radical (unpaired) electrons. The van der Waals surface area contributed by atoms with Gasteiger partial charge in [-0.05, 0) is 26.2 Å². The molecule has 0 spiro atoms. The van der Waals surface area contributed by atoms with Gasteiger partial charge in [0.2, 0.25) is 5.91 Å². The number of halogens is 1. The third kappa shape index (κ3) is 9.58. The van der Waals surface area contributed by atoms with Gasteiger partial charge in [-0.3, -0.25) is 4.79 Å². The molecular weight excluding hydrogens is 531 g/mol. The van der Waals surface area contributed by atoms with Gasteiger partial charge >= 0.3 is 6.09 Å². The number of rotatable bonds is 8. The summed E-state index contributed by atoms with van der Waals surface area (Å²) in [5, 5.41) is 7.83. The molecule has 0 saturated carbocycles. The molecule has 9 nitrogen and oxygen atoms in total. The highest BCUT2D eigenvalue weighted by Gasteiger charge is 2.24. The van der Waals surface area contributed by atoms with Gasteiger partial charge in [0.05, 0.1) is 11.6 Å². The molecule has 11 heteroatoms. The lowest BCUT2D eigenvalue weighted by atomic mass is 10.1. The average molecular weight is 567 g/mol. The molecule has 2 N–H and O–H groups in total. The maximum Gasteiger partial charge on any atom is 0.409 e. The summed E-state index contributed by atoms with van der Waals surface area (Å²) in [6, 6.07) is 0.183. The monoisotopic (exact) mass is 566 g/mol. The fraction of sp³-hybridized carbons (Fsp3) is 0.700. The first-order chi connectivity index (χ1) is 14.4. The van der Waals surface area contributed by atoms with E-state index in [4.69, 9.17) is 4.74 Å². The van der Waals surface area contributed by atoms with Crippen LogP contribution in [0, 0.1) is 0 Å². The van der Waals surface area contributed by atoms with Crippen LogP contribution in [0.2, 0.25) is 0 Å². The van der Waals surface area contributed by atoms with Gasteiger partial charge in [-0.1, -0.05) is 6.92 Å². The number of piperidine rings is 1. The van der Waals surface area contributed by atoms with Crippen LogP contribution in [0.25, 0.3) is 0 Å². The van der Waals surface area contributed by atoms with Crippen molar-refractivity contribution >= 4 is 53.3 Å². The number of nitrogens with zero attached hydrogens (tertiary/aromatic N) is 4. The van der Waals surface area contributed by atoms with Crippen molar-refractivity contribution in [2.75, 3.05) is 46.9 Å². The molecule has 0 aliphatic carbocycles. The Hall–Kier alpha value is -1.63. The van der Waals surface area contributed by atoms with Gasteiger partial charge in [0, 0.05) is 57.3 Å². The molecule has 1 aromatic heterocycles. The molecular formula is C20H35IN6O3S. The van der Waals surface area contributed by atoms with Gasteiger partial charge in [0.25, 0.3) is 0 Å². The molecule has 2 rings (SSSR count). The second-order valence-electron chi connectivity index (χ2n) is 7.31. The maximum absolute atomic E-state index is 11.9. The summed E-state index contributed by atoms with van der Waals surface area (Å²) < 4.78 is 5.07. The first kappa shape index (κ1) is 27.4. The lowest BCUT2D eigenvalue weighted by Crippen LogP contribution is -2.50. The number of aliphatic imine (C=N–C) groups is 1. The van der Waals surface area contributed by atoms with Gasteiger partial charge in [-0.25, -0.2) is 14.8 Å². The van der Waals surface area contributed by atoms with Crippen molar-refractivity contribution in [3.63, 3.8) is 0 Å². The van der Waals surface area contributed by atoms with E-state index < -0.39 is 0 Å². The number of guanidine groups is 1. The number of aryl methyl sites for hydroxylation is 1. The number of ether oxygens (including phenoxy) is 1. The first-order valence-corrected chi connectivity index (χ1v) is 11.3. The molecule has 0 bridgehead atoms. The van der Waals surface area contributed by atoms with E-state index in [2.05, 4.69) is 27.5 Å². The summed E-state index contributed by atoms with van der Waals surface area (Å²) in [5.41, 5.74) is 0. The van der Waals surface area contributed by atoms with E-state index in [1.807, 2.05) is 13.1 Å². The van der Waals surface area contributed by atoms with Crippen LogP contribution in [0.15, 0.2) is 11.2 Å². The number of amides is 2. The van der Waals surface area contributed by atoms with Crippen LogP contribution < -0.4 is 10.6 Å². The minimum Gasteiger partial charge on any atom is -0.450 e. The molecule has 176 valence electrons. The van der Waals surface area contributed by atoms with E-state index in [1.165, 1.54) is 9.78 Å². The molecule has 2 heterocycles. The highest BCUT2D eigenvalue weighted by atomic mass is 127. The molecule has 0 atom stereocenters. The minimum absolute atomic E-state index is 0. The largest absolute Gasteiger partial charge is 0.450 e. The highest BCUT2D eigenvalue weighted by molar-refractivity contribution is 14.0.